The highest BCUT2D eigenvalue weighted by atomic mass is 35.5. The first-order valence-electron chi connectivity index (χ1n) is 6.27. The summed E-state index contributed by atoms with van der Waals surface area (Å²) in [4.78, 5) is 20.4. The van der Waals surface area contributed by atoms with Gasteiger partial charge in [-0.1, -0.05) is 35.3 Å². The van der Waals surface area contributed by atoms with Crippen molar-refractivity contribution >= 4 is 45.6 Å². The number of nitrogens with zero attached hydrogens (tertiary/aromatic N) is 2. The fourth-order valence-corrected chi connectivity index (χ4v) is 2.85. The number of anilines is 1. The largest absolute Gasteiger partial charge is 0.298 e. The first kappa shape index (κ1) is 15.0. The Hall–Kier alpha value is -1.95. The van der Waals surface area contributed by atoms with E-state index in [1.54, 1.807) is 24.3 Å². The Morgan fingerprint density at radius 3 is 2.64 bits per heavy atom. The maximum absolute atomic E-state index is 12.1. The molecule has 0 atom stereocenters. The van der Waals surface area contributed by atoms with Gasteiger partial charge in [0.05, 0.1) is 11.3 Å². The third-order valence-corrected chi connectivity index (χ3v) is 4.18. The average Bonchev–Trinajstić information content (AvgIpc) is 2.97. The molecule has 0 saturated carbocycles. The molecule has 2 heterocycles. The first-order chi connectivity index (χ1) is 10.6. The van der Waals surface area contributed by atoms with E-state index in [-0.39, 0.29) is 11.1 Å². The summed E-state index contributed by atoms with van der Waals surface area (Å²) < 4.78 is 0. The van der Waals surface area contributed by atoms with Crippen molar-refractivity contribution in [3.63, 3.8) is 0 Å². The van der Waals surface area contributed by atoms with Gasteiger partial charge in [0.1, 0.15) is 5.15 Å². The van der Waals surface area contributed by atoms with Gasteiger partial charge in [0.25, 0.3) is 5.91 Å². The highest BCUT2D eigenvalue weighted by Crippen LogP contribution is 2.26. The Kier molecular flexibility index (Phi) is 4.38. The minimum Gasteiger partial charge on any atom is -0.298 e. The van der Waals surface area contributed by atoms with Crippen LogP contribution in [0.3, 0.4) is 0 Å². The van der Waals surface area contributed by atoms with Gasteiger partial charge >= 0.3 is 0 Å². The average molecular weight is 350 g/mol. The summed E-state index contributed by atoms with van der Waals surface area (Å²) in [5.41, 5.74) is 2.02. The van der Waals surface area contributed by atoms with Gasteiger partial charge in [-0.2, -0.15) is 0 Å². The van der Waals surface area contributed by atoms with Crippen LogP contribution < -0.4 is 5.32 Å². The van der Waals surface area contributed by atoms with Gasteiger partial charge in [-0.3, -0.25) is 10.1 Å². The predicted octanol–water partition coefficient (Wildman–Crippen LogP) is 4.76. The van der Waals surface area contributed by atoms with E-state index in [9.17, 15) is 4.79 Å². The van der Waals surface area contributed by atoms with Gasteiger partial charge in [0, 0.05) is 22.2 Å². The summed E-state index contributed by atoms with van der Waals surface area (Å²) in [5, 5.41) is 5.91. The van der Waals surface area contributed by atoms with Crippen molar-refractivity contribution in [2.45, 2.75) is 0 Å². The molecule has 3 rings (SSSR count). The van der Waals surface area contributed by atoms with E-state index < -0.39 is 0 Å². The normalized spacial score (nSPS) is 10.5. The number of hydrogen-bond acceptors (Lipinski definition) is 4. The molecule has 1 N–H and O–H groups in total. The molecule has 4 nitrogen and oxygen atoms in total. The SMILES string of the molecule is O=C(Nc1nc(-c2ccc(Cl)cc2)cs1)c1cccnc1Cl. The van der Waals surface area contributed by atoms with Crippen molar-refractivity contribution < 1.29 is 4.79 Å². The number of hydrogen-bond donors (Lipinski definition) is 1. The van der Waals surface area contributed by atoms with Crippen LogP contribution in [0.4, 0.5) is 5.13 Å². The Balaban J connectivity index is 1.78. The van der Waals surface area contributed by atoms with Crippen molar-refractivity contribution in [3.8, 4) is 11.3 Å². The van der Waals surface area contributed by atoms with Gasteiger partial charge in [-0.05, 0) is 24.3 Å². The second kappa shape index (κ2) is 6.44. The molecule has 1 amide bonds. The Labute approximate surface area is 140 Å². The zero-order chi connectivity index (χ0) is 15.5. The quantitative estimate of drug-likeness (QED) is 0.693. The molecule has 2 aromatic heterocycles. The molecular formula is C15H9Cl2N3OS. The van der Waals surface area contributed by atoms with E-state index in [4.69, 9.17) is 23.2 Å². The molecule has 0 spiro atoms. The summed E-state index contributed by atoms with van der Waals surface area (Å²) in [5.74, 6) is -0.338. The van der Waals surface area contributed by atoms with Crippen molar-refractivity contribution in [2.75, 3.05) is 5.32 Å². The maximum atomic E-state index is 12.1. The van der Waals surface area contributed by atoms with E-state index in [0.717, 1.165) is 11.3 Å². The van der Waals surface area contributed by atoms with Crippen molar-refractivity contribution in [1.29, 1.82) is 0 Å². The Morgan fingerprint density at radius 1 is 1.14 bits per heavy atom. The highest BCUT2D eigenvalue weighted by molar-refractivity contribution is 7.14. The van der Waals surface area contributed by atoms with Crippen molar-refractivity contribution in [2.24, 2.45) is 0 Å². The van der Waals surface area contributed by atoms with Gasteiger partial charge in [-0.25, -0.2) is 9.97 Å². The molecule has 0 bridgehead atoms. The van der Waals surface area contributed by atoms with Crippen molar-refractivity contribution in [3.05, 3.63) is 63.7 Å². The molecule has 22 heavy (non-hydrogen) atoms. The lowest BCUT2D eigenvalue weighted by molar-refractivity contribution is 0.102. The third kappa shape index (κ3) is 3.27. The standard InChI is InChI=1S/C15H9Cl2N3OS/c16-10-5-3-9(4-6-10)12-8-22-15(19-12)20-14(21)11-2-1-7-18-13(11)17/h1-8H,(H,19,20,21). The molecule has 0 saturated heterocycles. The summed E-state index contributed by atoms with van der Waals surface area (Å²) in [6.07, 6.45) is 1.53. The fraction of sp³-hybridized carbons (Fsp3) is 0. The molecule has 7 heteroatoms. The molecule has 110 valence electrons. The van der Waals surface area contributed by atoms with E-state index >= 15 is 0 Å². The van der Waals surface area contributed by atoms with E-state index in [2.05, 4.69) is 15.3 Å². The van der Waals surface area contributed by atoms with Gasteiger partial charge < -0.3 is 0 Å². The lowest BCUT2D eigenvalue weighted by Gasteiger charge is -2.02. The van der Waals surface area contributed by atoms with Crippen LogP contribution in [0.15, 0.2) is 48.0 Å². The first-order valence-corrected chi connectivity index (χ1v) is 7.90. The lowest BCUT2D eigenvalue weighted by Crippen LogP contribution is -2.12. The van der Waals surface area contributed by atoms with E-state index in [1.165, 1.54) is 17.5 Å². The minimum absolute atomic E-state index is 0.162. The van der Waals surface area contributed by atoms with Gasteiger partial charge in [-0.15, -0.1) is 11.3 Å². The summed E-state index contributed by atoms with van der Waals surface area (Å²) in [7, 11) is 0. The van der Waals surface area contributed by atoms with E-state index in [0.29, 0.717) is 15.7 Å². The molecule has 3 aromatic rings. The number of rotatable bonds is 3. The van der Waals surface area contributed by atoms with Crippen LogP contribution in [0.25, 0.3) is 11.3 Å². The van der Waals surface area contributed by atoms with Crippen LogP contribution in [0.1, 0.15) is 10.4 Å². The second-order valence-corrected chi connectivity index (χ2v) is 5.99. The molecule has 0 fully saturated rings. The summed E-state index contributed by atoms with van der Waals surface area (Å²) in [6.45, 7) is 0. The smallest absolute Gasteiger partial charge is 0.260 e. The van der Waals surface area contributed by atoms with E-state index in [1.807, 2.05) is 17.5 Å². The predicted molar refractivity (Wildman–Crippen MR) is 89.8 cm³/mol. The van der Waals surface area contributed by atoms with Crippen LogP contribution in [0.5, 0.6) is 0 Å². The Morgan fingerprint density at radius 2 is 1.91 bits per heavy atom. The second-order valence-electron chi connectivity index (χ2n) is 4.34. The number of carbonyl (C=O) groups excluding carboxylic acids is 1. The molecule has 0 aliphatic heterocycles. The topological polar surface area (TPSA) is 54.9 Å². The van der Waals surface area contributed by atoms with Crippen LogP contribution >= 0.6 is 34.5 Å². The number of benzene rings is 1. The molecule has 0 aliphatic carbocycles. The number of nitrogens with one attached hydrogen (secondary N) is 1. The van der Waals surface area contributed by atoms with Crippen LogP contribution in [0, 0.1) is 0 Å². The zero-order valence-corrected chi connectivity index (χ0v) is 13.4. The van der Waals surface area contributed by atoms with Crippen LogP contribution in [0.2, 0.25) is 10.2 Å². The molecular weight excluding hydrogens is 341 g/mol. The van der Waals surface area contributed by atoms with Crippen LogP contribution in [-0.4, -0.2) is 15.9 Å². The molecule has 1 aromatic carbocycles. The maximum Gasteiger partial charge on any atom is 0.260 e. The number of thiazole rings is 1. The monoisotopic (exact) mass is 349 g/mol. The summed E-state index contributed by atoms with van der Waals surface area (Å²) in [6, 6.07) is 10.6. The van der Waals surface area contributed by atoms with Crippen LogP contribution in [-0.2, 0) is 0 Å². The molecule has 0 unspecified atom stereocenters. The number of halogens is 2. The minimum atomic E-state index is -0.338. The summed E-state index contributed by atoms with van der Waals surface area (Å²) >= 11 is 13.1. The number of carbonyl (C=O) groups is 1. The molecule has 0 radical (unpaired) electrons. The third-order valence-electron chi connectivity index (χ3n) is 2.87. The fourth-order valence-electron chi connectivity index (χ4n) is 1.80. The van der Waals surface area contributed by atoms with Gasteiger partial charge in [0.15, 0.2) is 5.13 Å². The number of amides is 1. The molecule has 0 aliphatic rings. The number of aromatic nitrogens is 2. The van der Waals surface area contributed by atoms with Gasteiger partial charge in [0.2, 0.25) is 0 Å². The Bertz CT molecular complexity index is 818. The highest BCUT2D eigenvalue weighted by Gasteiger charge is 2.13. The van der Waals surface area contributed by atoms with Crippen molar-refractivity contribution in [1.82, 2.24) is 9.97 Å². The number of pyridine rings is 1. The lowest BCUT2D eigenvalue weighted by atomic mass is 10.2. The zero-order valence-electron chi connectivity index (χ0n) is 11.1.